The van der Waals surface area contributed by atoms with Crippen molar-refractivity contribution in [3.8, 4) is 5.75 Å². The summed E-state index contributed by atoms with van der Waals surface area (Å²) in [5, 5.41) is 0.442. The van der Waals surface area contributed by atoms with E-state index in [0.29, 0.717) is 57.2 Å². The van der Waals surface area contributed by atoms with Gasteiger partial charge in [0, 0.05) is 43.0 Å². The lowest BCUT2D eigenvalue weighted by Gasteiger charge is -2.42. The van der Waals surface area contributed by atoms with Crippen molar-refractivity contribution in [3.05, 3.63) is 58.6 Å². The number of rotatable bonds is 7. The molecule has 0 N–H and O–H groups in total. The first kappa shape index (κ1) is 25.3. The fourth-order valence-corrected chi connectivity index (χ4v) is 6.56. The third-order valence-electron chi connectivity index (χ3n) is 6.47. The molecule has 0 spiro atoms. The van der Waals surface area contributed by atoms with Crippen molar-refractivity contribution in [2.24, 2.45) is 5.41 Å². The third kappa shape index (κ3) is 5.86. The Morgan fingerprint density at radius 1 is 1.00 bits per heavy atom. The molecule has 0 unspecified atom stereocenters. The molecular weight excluding hydrogens is 499 g/mol. The van der Waals surface area contributed by atoms with Crippen molar-refractivity contribution in [1.82, 2.24) is 9.21 Å². The summed E-state index contributed by atoms with van der Waals surface area (Å²) < 4.78 is 39.4. The number of para-hydroxylation sites is 1. The van der Waals surface area contributed by atoms with Crippen LogP contribution in [0.5, 0.6) is 5.75 Å². The molecule has 0 aliphatic carbocycles. The maximum atomic E-state index is 13.3. The average Bonchev–Trinajstić information content (AvgIpc) is 2.86. The smallest absolute Gasteiger partial charge is 0.244 e. The van der Waals surface area contributed by atoms with Gasteiger partial charge in [0.1, 0.15) is 10.6 Å². The van der Waals surface area contributed by atoms with Crippen molar-refractivity contribution in [1.29, 1.82) is 0 Å². The first-order valence-electron chi connectivity index (χ1n) is 11.3. The molecule has 34 heavy (non-hydrogen) atoms. The zero-order chi connectivity index (χ0) is 24.2. The second kappa shape index (κ2) is 10.8. The second-order valence-electron chi connectivity index (χ2n) is 8.75. The molecule has 7 nitrogen and oxygen atoms in total. The molecule has 0 aromatic heterocycles. The lowest BCUT2D eigenvalue weighted by molar-refractivity contribution is -0.139. The van der Waals surface area contributed by atoms with Gasteiger partial charge >= 0.3 is 0 Å². The van der Waals surface area contributed by atoms with Gasteiger partial charge in [0.2, 0.25) is 15.9 Å². The second-order valence-corrected chi connectivity index (χ2v) is 11.5. The molecule has 2 saturated heterocycles. The van der Waals surface area contributed by atoms with Crippen LogP contribution in [-0.2, 0) is 19.6 Å². The number of nitrogens with zero attached hydrogens (tertiary/aromatic N) is 2. The first-order valence-corrected chi connectivity index (χ1v) is 13.5. The molecule has 2 fully saturated rings. The Morgan fingerprint density at radius 3 is 2.35 bits per heavy atom. The first-order chi connectivity index (χ1) is 16.3. The Bertz CT molecular complexity index is 1100. The monoisotopic (exact) mass is 526 g/mol. The van der Waals surface area contributed by atoms with E-state index < -0.39 is 15.4 Å². The summed E-state index contributed by atoms with van der Waals surface area (Å²) in [6.45, 7) is 3.07. The van der Waals surface area contributed by atoms with Crippen LogP contribution >= 0.6 is 23.2 Å². The molecule has 2 heterocycles. The van der Waals surface area contributed by atoms with E-state index in [9.17, 15) is 13.2 Å². The minimum absolute atomic E-state index is 0.000838. The molecule has 0 atom stereocenters. The van der Waals surface area contributed by atoms with Gasteiger partial charge in [-0.1, -0.05) is 41.4 Å². The van der Waals surface area contributed by atoms with E-state index in [1.54, 1.807) is 6.07 Å². The number of ether oxygens (including phenoxy) is 2. The van der Waals surface area contributed by atoms with Gasteiger partial charge < -0.3 is 14.4 Å². The van der Waals surface area contributed by atoms with Crippen LogP contribution < -0.4 is 4.74 Å². The molecule has 2 aliphatic rings. The number of halogens is 2. The number of hydrogen-bond acceptors (Lipinski definition) is 5. The Kier molecular flexibility index (Phi) is 8.05. The van der Waals surface area contributed by atoms with Gasteiger partial charge in [0.25, 0.3) is 0 Å². The Balaban J connectivity index is 1.50. The number of sulfonamides is 1. The molecule has 0 saturated carbocycles. The highest BCUT2D eigenvalue weighted by atomic mass is 35.5. The van der Waals surface area contributed by atoms with Crippen LogP contribution in [0.3, 0.4) is 0 Å². The van der Waals surface area contributed by atoms with E-state index in [2.05, 4.69) is 0 Å². The van der Waals surface area contributed by atoms with E-state index in [1.807, 2.05) is 35.2 Å². The van der Waals surface area contributed by atoms with Gasteiger partial charge in [-0.15, -0.1) is 0 Å². The summed E-state index contributed by atoms with van der Waals surface area (Å²) in [7, 11) is -3.82. The van der Waals surface area contributed by atoms with Gasteiger partial charge in [-0.3, -0.25) is 4.79 Å². The SMILES string of the molecule is O=C(CC1(COc2ccccc2)CCN(S(=O)(=O)c2cc(Cl)ccc2Cl)CC1)N1CCOCC1. The van der Waals surface area contributed by atoms with Crippen LogP contribution in [-0.4, -0.2) is 69.5 Å². The summed E-state index contributed by atoms with van der Waals surface area (Å²) in [5.74, 6) is 0.774. The molecule has 0 bridgehead atoms. The number of amides is 1. The number of piperidine rings is 1. The van der Waals surface area contributed by atoms with Crippen molar-refractivity contribution >= 4 is 39.1 Å². The van der Waals surface area contributed by atoms with Crippen LogP contribution in [0.2, 0.25) is 10.0 Å². The van der Waals surface area contributed by atoms with E-state index in [0.717, 1.165) is 5.75 Å². The van der Waals surface area contributed by atoms with E-state index in [4.69, 9.17) is 32.7 Å². The highest BCUT2D eigenvalue weighted by molar-refractivity contribution is 7.89. The normalized spacial score (nSPS) is 19.1. The molecule has 2 aromatic rings. The molecule has 2 aliphatic heterocycles. The number of morpholine rings is 1. The topological polar surface area (TPSA) is 76.2 Å². The minimum Gasteiger partial charge on any atom is -0.493 e. The molecule has 0 radical (unpaired) electrons. The van der Waals surface area contributed by atoms with E-state index in [1.165, 1.54) is 16.4 Å². The maximum absolute atomic E-state index is 13.3. The predicted octanol–water partition coefficient (Wildman–Crippen LogP) is 4.09. The average molecular weight is 527 g/mol. The van der Waals surface area contributed by atoms with Gasteiger partial charge in [-0.2, -0.15) is 4.31 Å². The molecule has 10 heteroatoms. The standard InChI is InChI=1S/C24H28Cl2N2O5S/c25-19-6-7-21(26)22(16-19)34(30,31)28-10-8-24(9-11-28,18-33-20-4-2-1-3-5-20)17-23(29)27-12-14-32-15-13-27/h1-7,16H,8-15,17-18H2. The summed E-state index contributed by atoms with van der Waals surface area (Å²) in [6.07, 6.45) is 1.28. The molecule has 2 aromatic carbocycles. The summed E-state index contributed by atoms with van der Waals surface area (Å²) in [5.41, 5.74) is -0.477. The fraction of sp³-hybridized carbons (Fsp3) is 0.458. The van der Waals surface area contributed by atoms with Gasteiger partial charge in [-0.05, 0) is 43.2 Å². The van der Waals surface area contributed by atoms with Gasteiger partial charge in [0.05, 0.1) is 24.8 Å². The molecule has 4 rings (SSSR count). The Labute approximate surface area is 210 Å². The highest BCUT2D eigenvalue weighted by Crippen LogP contribution is 2.39. The zero-order valence-corrected chi connectivity index (χ0v) is 21.1. The Morgan fingerprint density at radius 2 is 1.68 bits per heavy atom. The van der Waals surface area contributed by atoms with Crippen molar-refractivity contribution < 1.29 is 22.7 Å². The predicted molar refractivity (Wildman–Crippen MR) is 131 cm³/mol. The number of carbonyl (C=O) groups excluding carboxylic acids is 1. The largest absolute Gasteiger partial charge is 0.493 e. The third-order valence-corrected chi connectivity index (χ3v) is 9.09. The number of benzene rings is 2. The van der Waals surface area contributed by atoms with Crippen molar-refractivity contribution in [3.63, 3.8) is 0 Å². The fourth-order valence-electron chi connectivity index (χ4n) is 4.39. The molecule has 1 amide bonds. The minimum atomic E-state index is -3.82. The number of carbonyl (C=O) groups is 1. The summed E-state index contributed by atoms with van der Waals surface area (Å²) in [4.78, 5) is 14.9. The lowest BCUT2D eigenvalue weighted by atomic mass is 9.76. The Hall–Kier alpha value is -1.84. The number of hydrogen-bond donors (Lipinski definition) is 0. The quantitative estimate of drug-likeness (QED) is 0.542. The van der Waals surface area contributed by atoms with Crippen molar-refractivity contribution in [2.45, 2.75) is 24.2 Å². The molecule has 184 valence electrons. The summed E-state index contributed by atoms with van der Waals surface area (Å²) in [6, 6.07) is 13.9. The van der Waals surface area contributed by atoms with Gasteiger partial charge in [0.15, 0.2) is 0 Å². The lowest BCUT2D eigenvalue weighted by Crippen LogP contribution is -2.49. The van der Waals surface area contributed by atoms with Crippen LogP contribution in [0.15, 0.2) is 53.4 Å². The summed E-state index contributed by atoms with van der Waals surface area (Å²) >= 11 is 12.2. The maximum Gasteiger partial charge on any atom is 0.244 e. The molecular formula is C24H28Cl2N2O5S. The van der Waals surface area contributed by atoms with Crippen LogP contribution in [0.4, 0.5) is 0 Å². The van der Waals surface area contributed by atoms with Crippen LogP contribution in [0, 0.1) is 5.41 Å². The highest BCUT2D eigenvalue weighted by Gasteiger charge is 2.42. The van der Waals surface area contributed by atoms with Gasteiger partial charge in [-0.25, -0.2) is 8.42 Å². The van der Waals surface area contributed by atoms with E-state index in [-0.39, 0.29) is 28.9 Å². The van der Waals surface area contributed by atoms with Crippen LogP contribution in [0.1, 0.15) is 19.3 Å². The van der Waals surface area contributed by atoms with Crippen molar-refractivity contribution in [2.75, 3.05) is 46.0 Å². The van der Waals surface area contributed by atoms with E-state index >= 15 is 0 Å². The zero-order valence-electron chi connectivity index (χ0n) is 18.8. The van der Waals surface area contributed by atoms with Crippen LogP contribution in [0.25, 0.3) is 0 Å².